The Kier molecular flexibility index (Phi) is 6.53. The van der Waals surface area contributed by atoms with E-state index < -0.39 is 30.5 Å². The van der Waals surface area contributed by atoms with Crippen LogP contribution >= 0.6 is 23.1 Å². The maximum Gasteiger partial charge on any atom is 0.341 e. The summed E-state index contributed by atoms with van der Waals surface area (Å²) < 4.78 is 10.7. The number of carbonyl (C=O) groups is 4. The van der Waals surface area contributed by atoms with Gasteiger partial charge in [0.25, 0.3) is 5.91 Å². The lowest BCUT2D eigenvalue weighted by Gasteiger charge is -2.29. The fourth-order valence-corrected chi connectivity index (χ4v) is 7.24. The lowest BCUT2D eigenvalue weighted by Crippen LogP contribution is -2.47. The van der Waals surface area contributed by atoms with Gasteiger partial charge in [0.15, 0.2) is 6.61 Å². The number of nitrogens with one attached hydrogen (secondary N) is 1. The summed E-state index contributed by atoms with van der Waals surface area (Å²) in [6.45, 7) is 5.05. The summed E-state index contributed by atoms with van der Waals surface area (Å²) in [5, 5.41) is 3.19. The lowest BCUT2D eigenvalue weighted by molar-refractivity contribution is -0.155. The molecule has 0 aromatic carbocycles. The van der Waals surface area contributed by atoms with Gasteiger partial charge in [-0.15, -0.1) is 23.1 Å². The number of thiophene rings is 1. The minimum atomic E-state index is -0.668. The third kappa shape index (κ3) is 4.39. The second-order valence-corrected chi connectivity index (χ2v) is 11.4. The molecule has 0 spiro atoms. The highest BCUT2D eigenvalue weighted by Gasteiger charge is 2.53. The van der Waals surface area contributed by atoms with Crippen LogP contribution in [0.4, 0.5) is 5.00 Å². The van der Waals surface area contributed by atoms with Crippen molar-refractivity contribution < 1.29 is 28.7 Å². The fourth-order valence-electron chi connectivity index (χ4n) is 4.53. The number of fused-ring (bicyclic) bond motifs is 2. The summed E-state index contributed by atoms with van der Waals surface area (Å²) in [7, 11) is 0. The molecule has 0 bridgehead atoms. The molecule has 3 aliphatic rings. The number of esters is 2. The largest absolute Gasteiger partial charge is 0.459 e. The van der Waals surface area contributed by atoms with Crippen LogP contribution in [0.1, 0.15) is 67.3 Å². The first-order valence-electron chi connectivity index (χ1n) is 11.0. The van der Waals surface area contributed by atoms with E-state index in [1.165, 1.54) is 11.3 Å². The Labute approximate surface area is 195 Å². The zero-order valence-corrected chi connectivity index (χ0v) is 20.2. The standard InChI is InChI=1S/C22H28N2O6S2/c1-12(2)30-21(28)18-13-6-4-5-7-15(13)32-19(18)23-16(25)10-29-20(27)14-11-31-22(3)9-8-17(26)24(14)22/h12,14H,4-11H2,1-3H3,(H,23,25)/t14-,22+/m1/s1. The van der Waals surface area contributed by atoms with Crippen LogP contribution < -0.4 is 5.32 Å². The van der Waals surface area contributed by atoms with Crippen molar-refractivity contribution in [1.29, 1.82) is 0 Å². The maximum absolute atomic E-state index is 12.7. The number of aryl methyl sites for hydroxylation is 1. The van der Waals surface area contributed by atoms with Crippen LogP contribution in [0.2, 0.25) is 0 Å². The van der Waals surface area contributed by atoms with Crippen LogP contribution in [0.3, 0.4) is 0 Å². The van der Waals surface area contributed by atoms with Gasteiger partial charge in [0.05, 0.1) is 16.5 Å². The van der Waals surface area contributed by atoms with Gasteiger partial charge in [-0.05, 0) is 58.4 Å². The van der Waals surface area contributed by atoms with Crippen LogP contribution in [0.15, 0.2) is 0 Å². The minimum absolute atomic E-state index is 0.0543. The monoisotopic (exact) mass is 480 g/mol. The van der Waals surface area contributed by atoms with Crippen LogP contribution in [0.25, 0.3) is 0 Å². The predicted molar refractivity (Wildman–Crippen MR) is 122 cm³/mol. The van der Waals surface area contributed by atoms with Gasteiger partial charge in [-0.25, -0.2) is 9.59 Å². The van der Waals surface area contributed by atoms with E-state index in [0.29, 0.717) is 29.2 Å². The topological polar surface area (TPSA) is 102 Å². The second-order valence-electron chi connectivity index (χ2n) is 8.79. The normalized spacial score (nSPS) is 24.3. The molecule has 3 heterocycles. The van der Waals surface area contributed by atoms with Crippen molar-refractivity contribution in [2.45, 2.75) is 76.3 Å². The van der Waals surface area contributed by atoms with Gasteiger partial charge in [-0.3, -0.25) is 9.59 Å². The summed E-state index contributed by atoms with van der Waals surface area (Å²) >= 11 is 2.96. The molecule has 1 N–H and O–H groups in total. The predicted octanol–water partition coefficient (Wildman–Crippen LogP) is 3.13. The van der Waals surface area contributed by atoms with Crippen molar-refractivity contribution in [3.05, 3.63) is 16.0 Å². The van der Waals surface area contributed by atoms with E-state index in [2.05, 4.69) is 5.32 Å². The molecule has 8 nitrogen and oxygen atoms in total. The highest BCUT2D eigenvalue weighted by molar-refractivity contribution is 8.01. The van der Waals surface area contributed by atoms with Gasteiger partial charge in [-0.2, -0.15) is 0 Å². The number of anilines is 1. The molecule has 2 fully saturated rings. The van der Waals surface area contributed by atoms with Crippen molar-refractivity contribution >= 4 is 51.9 Å². The zero-order chi connectivity index (χ0) is 23.0. The molecule has 32 heavy (non-hydrogen) atoms. The van der Waals surface area contributed by atoms with Gasteiger partial charge in [0.1, 0.15) is 11.0 Å². The van der Waals surface area contributed by atoms with E-state index in [1.807, 2.05) is 6.92 Å². The maximum atomic E-state index is 12.7. The molecule has 1 aliphatic carbocycles. The van der Waals surface area contributed by atoms with Crippen LogP contribution in [0, 0.1) is 0 Å². The molecule has 2 amide bonds. The first kappa shape index (κ1) is 23.1. The first-order valence-corrected chi connectivity index (χ1v) is 12.8. The summed E-state index contributed by atoms with van der Waals surface area (Å²) in [4.78, 5) is 52.4. The first-order chi connectivity index (χ1) is 15.2. The molecular formula is C22H28N2O6S2. The van der Waals surface area contributed by atoms with E-state index in [1.54, 1.807) is 30.5 Å². The zero-order valence-electron chi connectivity index (χ0n) is 18.5. The molecule has 174 valence electrons. The molecular weight excluding hydrogens is 452 g/mol. The highest BCUT2D eigenvalue weighted by atomic mass is 32.2. The van der Waals surface area contributed by atoms with Gasteiger partial charge in [0, 0.05) is 17.1 Å². The molecule has 0 saturated carbocycles. The number of rotatable bonds is 6. The quantitative estimate of drug-likeness (QED) is 0.624. The van der Waals surface area contributed by atoms with Crippen molar-refractivity contribution in [2.24, 2.45) is 0 Å². The van der Waals surface area contributed by atoms with Crippen LogP contribution in [0.5, 0.6) is 0 Å². The average molecular weight is 481 g/mol. The molecule has 4 rings (SSSR count). The smallest absolute Gasteiger partial charge is 0.341 e. The van der Waals surface area contributed by atoms with Crippen molar-refractivity contribution in [3.63, 3.8) is 0 Å². The number of hydrogen-bond acceptors (Lipinski definition) is 8. The SMILES string of the molecule is CC(C)OC(=O)c1c(NC(=O)COC(=O)[C@H]2CS[C@@]3(C)CCC(=O)N23)sc2c1CCCC2. The lowest BCUT2D eigenvalue weighted by atomic mass is 9.95. The van der Waals surface area contributed by atoms with Gasteiger partial charge in [-0.1, -0.05) is 0 Å². The van der Waals surface area contributed by atoms with Crippen LogP contribution in [-0.2, 0) is 36.7 Å². The van der Waals surface area contributed by atoms with Crippen molar-refractivity contribution in [1.82, 2.24) is 4.90 Å². The number of thioether (sulfide) groups is 1. The summed E-state index contributed by atoms with van der Waals surface area (Å²) in [5.41, 5.74) is 1.37. The molecule has 2 aliphatic heterocycles. The summed E-state index contributed by atoms with van der Waals surface area (Å²) in [5.74, 6) is -1.12. The number of amides is 2. The van der Waals surface area contributed by atoms with E-state index in [9.17, 15) is 19.2 Å². The minimum Gasteiger partial charge on any atom is -0.459 e. The third-order valence-electron chi connectivity index (χ3n) is 6.03. The number of nitrogens with zero attached hydrogens (tertiary/aromatic N) is 1. The molecule has 2 saturated heterocycles. The van der Waals surface area contributed by atoms with Gasteiger partial charge in [0.2, 0.25) is 5.91 Å². The van der Waals surface area contributed by atoms with E-state index in [-0.39, 0.29) is 16.9 Å². The molecule has 1 aromatic rings. The summed E-state index contributed by atoms with van der Waals surface area (Å²) in [6.07, 6.45) is 4.55. The van der Waals surface area contributed by atoms with E-state index in [4.69, 9.17) is 9.47 Å². The Morgan fingerprint density at radius 2 is 1.97 bits per heavy atom. The second kappa shape index (κ2) is 9.05. The highest BCUT2D eigenvalue weighted by Crippen LogP contribution is 2.47. The molecule has 0 unspecified atom stereocenters. The molecule has 0 radical (unpaired) electrons. The van der Waals surface area contributed by atoms with E-state index in [0.717, 1.165) is 36.1 Å². The average Bonchev–Trinajstić information content (AvgIpc) is 3.36. The Balaban J connectivity index is 1.41. The number of carbonyl (C=O) groups excluding carboxylic acids is 4. The molecule has 2 atom stereocenters. The Bertz CT molecular complexity index is 958. The summed E-state index contributed by atoms with van der Waals surface area (Å²) in [6, 6.07) is -0.668. The fraction of sp³-hybridized carbons (Fsp3) is 0.636. The van der Waals surface area contributed by atoms with Crippen molar-refractivity contribution in [2.75, 3.05) is 17.7 Å². The Morgan fingerprint density at radius 3 is 2.72 bits per heavy atom. The Morgan fingerprint density at radius 1 is 1.22 bits per heavy atom. The molecule has 10 heteroatoms. The van der Waals surface area contributed by atoms with Gasteiger partial charge >= 0.3 is 11.9 Å². The Hall–Kier alpha value is -2.07. The van der Waals surface area contributed by atoms with E-state index >= 15 is 0 Å². The van der Waals surface area contributed by atoms with Gasteiger partial charge < -0.3 is 19.7 Å². The van der Waals surface area contributed by atoms with Crippen molar-refractivity contribution in [3.8, 4) is 0 Å². The van der Waals surface area contributed by atoms with Crippen LogP contribution in [-0.4, -0.2) is 58.0 Å². The molecule has 1 aromatic heterocycles. The third-order valence-corrected chi connectivity index (χ3v) is 8.75. The number of ether oxygens (including phenoxy) is 2. The number of hydrogen-bond donors (Lipinski definition) is 1.